The van der Waals surface area contributed by atoms with Crippen LogP contribution < -0.4 is 0 Å². The fourth-order valence-corrected chi connectivity index (χ4v) is 3.48. The summed E-state index contributed by atoms with van der Waals surface area (Å²) < 4.78 is 29.2. The van der Waals surface area contributed by atoms with Crippen LogP contribution in [0.4, 0.5) is 0 Å². The Morgan fingerprint density at radius 1 is 0.905 bits per heavy atom. The first-order chi connectivity index (χ1) is 10.1. The molecule has 1 rings (SSSR count). The van der Waals surface area contributed by atoms with E-state index in [0.717, 1.165) is 24.8 Å². The molecule has 0 aliphatic heterocycles. The molecule has 0 radical (unpaired) electrons. The first kappa shape index (κ1) is 18.2. The van der Waals surface area contributed by atoms with Gasteiger partial charge in [-0.3, -0.25) is 4.18 Å². The number of unbranched alkanes of at least 4 members (excludes halogenated alkanes) is 7. The van der Waals surface area contributed by atoms with Crippen LogP contribution in [0.25, 0.3) is 0 Å². The van der Waals surface area contributed by atoms with E-state index in [1.54, 1.807) is 25.1 Å². The van der Waals surface area contributed by atoms with Crippen molar-refractivity contribution < 1.29 is 12.6 Å². The molecule has 0 unspecified atom stereocenters. The predicted octanol–water partition coefficient (Wildman–Crippen LogP) is 4.84. The van der Waals surface area contributed by atoms with E-state index in [1.165, 1.54) is 32.1 Å². The van der Waals surface area contributed by atoms with Crippen molar-refractivity contribution in [1.82, 2.24) is 0 Å². The zero-order valence-electron chi connectivity index (χ0n) is 13.3. The maximum atomic E-state index is 12.0. The highest BCUT2D eigenvalue weighted by Crippen LogP contribution is 2.17. The molecular weight excluding hydrogens is 284 g/mol. The second kappa shape index (κ2) is 9.96. The van der Waals surface area contributed by atoms with Crippen LogP contribution in [0.1, 0.15) is 63.9 Å². The minimum Gasteiger partial charge on any atom is -0.266 e. The van der Waals surface area contributed by atoms with Crippen molar-refractivity contribution in [1.29, 1.82) is 0 Å². The maximum Gasteiger partial charge on any atom is 0.297 e. The minimum atomic E-state index is -3.60. The molecular formula is C17H28O3S. The lowest BCUT2D eigenvalue weighted by Gasteiger charge is -2.08. The van der Waals surface area contributed by atoms with Crippen LogP contribution in [0.3, 0.4) is 0 Å². The van der Waals surface area contributed by atoms with E-state index >= 15 is 0 Å². The number of hydrogen-bond donors (Lipinski definition) is 0. The highest BCUT2D eigenvalue weighted by Gasteiger charge is 2.16. The molecule has 0 atom stereocenters. The van der Waals surface area contributed by atoms with Crippen LogP contribution in [-0.4, -0.2) is 15.0 Å². The van der Waals surface area contributed by atoms with Gasteiger partial charge < -0.3 is 0 Å². The smallest absolute Gasteiger partial charge is 0.266 e. The average molecular weight is 312 g/mol. The molecule has 0 aromatic heterocycles. The van der Waals surface area contributed by atoms with Crippen molar-refractivity contribution in [3.8, 4) is 0 Å². The average Bonchev–Trinajstić information content (AvgIpc) is 2.46. The van der Waals surface area contributed by atoms with Crippen molar-refractivity contribution in [3.63, 3.8) is 0 Å². The molecule has 0 bridgehead atoms. The molecule has 0 amide bonds. The maximum absolute atomic E-state index is 12.0. The van der Waals surface area contributed by atoms with E-state index in [-0.39, 0.29) is 11.5 Å². The van der Waals surface area contributed by atoms with Gasteiger partial charge in [0, 0.05) is 0 Å². The molecule has 0 aliphatic carbocycles. The Morgan fingerprint density at radius 2 is 1.48 bits per heavy atom. The predicted molar refractivity (Wildman–Crippen MR) is 86.9 cm³/mol. The van der Waals surface area contributed by atoms with Crippen molar-refractivity contribution in [2.75, 3.05) is 6.61 Å². The Kier molecular flexibility index (Phi) is 8.62. The van der Waals surface area contributed by atoms with Crippen molar-refractivity contribution in [3.05, 3.63) is 29.8 Å². The highest BCUT2D eigenvalue weighted by atomic mass is 32.2. The van der Waals surface area contributed by atoms with Gasteiger partial charge in [0.15, 0.2) is 0 Å². The lowest BCUT2D eigenvalue weighted by Crippen LogP contribution is -2.09. The van der Waals surface area contributed by atoms with Crippen LogP contribution in [0.5, 0.6) is 0 Å². The third-order valence-corrected chi connectivity index (χ3v) is 5.07. The molecule has 21 heavy (non-hydrogen) atoms. The van der Waals surface area contributed by atoms with Crippen LogP contribution in [0, 0.1) is 6.92 Å². The SMILES string of the molecule is CCCCCCCCCCOS(=O)(=O)c1ccccc1C. The summed E-state index contributed by atoms with van der Waals surface area (Å²) in [5.74, 6) is 0. The van der Waals surface area contributed by atoms with E-state index in [1.807, 2.05) is 6.07 Å². The Balaban J connectivity index is 2.19. The number of hydrogen-bond acceptors (Lipinski definition) is 3. The van der Waals surface area contributed by atoms with Gasteiger partial charge in [-0.05, 0) is 25.0 Å². The second-order valence-corrected chi connectivity index (χ2v) is 7.10. The summed E-state index contributed by atoms with van der Waals surface area (Å²) in [7, 11) is -3.60. The van der Waals surface area contributed by atoms with Gasteiger partial charge in [0.25, 0.3) is 10.1 Å². The van der Waals surface area contributed by atoms with Crippen LogP contribution in [0.2, 0.25) is 0 Å². The van der Waals surface area contributed by atoms with Crippen molar-refractivity contribution >= 4 is 10.1 Å². The highest BCUT2D eigenvalue weighted by molar-refractivity contribution is 7.86. The number of aryl methyl sites for hydroxylation is 1. The largest absolute Gasteiger partial charge is 0.297 e. The van der Waals surface area contributed by atoms with Gasteiger partial charge in [-0.2, -0.15) is 8.42 Å². The molecule has 120 valence electrons. The second-order valence-electron chi connectivity index (χ2n) is 5.52. The summed E-state index contributed by atoms with van der Waals surface area (Å²) in [6.07, 6.45) is 9.43. The lowest BCUT2D eigenvalue weighted by molar-refractivity contribution is 0.306. The van der Waals surface area contributed by atoms with Gasteiger partial charge in [0.2, 0.25) is 0 Å². The zero-order valence-corrected chi connectivity index (χ0v) is 14.1. The molecule has 1 aromatic carbocycles. The van der Waals surface area contributed by atoms with Gasteiger partial charge in [0.05, 0.1) is 11.5 Å². The summed E-state index contributed by atoms with van der Waals surface area (Å²) in [6, 6.07) is 6.93. The van der Waals surface area contributed by atoms with Gasteiger partial charge >= 0.3 is 0 Å². The van der Waals surface area contributed by atoms with E-state index < -0.39 is 10.1 Å². The topological polar surface area (TPSA) is 43.4 Å². The molecule has 0 fully saturated rings. The lowest BCUT2D eigenvalue weighted by atomic mass is 10.1. The fourth-order valence-electron chi connectivity index (χ4n) is 2.30. The van der Waals surface area contributed by atoms with Gasteiger partial charge in [-0.1, -0.05) is 70.1 Å². The molecule has 0 heterocycles. The van der Waals surface area contributed by atoms with Crippen molar-refractivity contribution in [2.45, 2.75) is 70.1 Å². The molecule has 1 aromatic rings. The van der Waals surface area contributed by atoms with E-state index in [4.69, 9.17) is 4.18 Å². The monoisotopic (exact) mass is 312 g/mol. The molecule has 0 aliphatic rings. The van der Waals surface area contributed by atoms with Crippen LogP contribution in [-0.2, 0) is 14.3 Å². The minimum absolute atomic E-state index is 0.282. The standard InChI is InChI=1S/C17H28O3S/c1-3-4-5-6-7-8-9-12-15-20-21(18,19)17-14-11-10-13-16(17)2/h10-11,13-14H,3-9,12,15H2,1-2H3. The summed E-state index contributed by atoms with van der Waals surface area (Å²) in [6.45, 7) is 4.28. The first-order valence-corrected chi connectivity index (χ1v) is 9.44. The molecule has 0 saturated heterocycles. The van der Waals surface area contributed by atoms with Gasteiger partial charge in [0.1, 0.15) is 0 Å². The van der Waals surface area contributed by atoms with Crippen LogP contribution in [0.15, 0.2) is 29.2 Å². The first-order valence-electron chi connectivity index (χ1n) is 8.03. The third kappa shape index (κ3) is 7.09. The zero-order chi connectivity index (χ0) is 15.6. The van der Waals surface area contributed by atoms with Crippen molar-refractivity contribution in [2.24, 2.45) is 0 Å². The van der Waals surface area contributed by atoms with E-state index in [9.17, 15) is 8.42 Å². The Morgan fingerprint density at radius 3 is 2.10 bits per heavy atom. The molecule has 0 spiro atoms. The molecule has 0 N–H and O–H groups in total. The van der Waals surface area contributed by atoms with Crippen LogP contribution >= 0.6 is 0 Å². The normalized spacial score (nSPS) is 11.7. The summed E-state index contributed by atoms with van der Waals surface area (Å²) in [5.41, 5.74) is 0.730. The summed E-state index contributed by atoms with van der Waals surface area (Å²) in [4.78, 5) is 0.282. The van der Waals surface area contributed by atoms with Gasteiger partial charge in [-0.25, -0.2) is 0 Å². The number of benzene rings is 1. The Hall–Kier alpha value is -0.870. The quantitative estimate of drug-likeness (QED) is 0.434. The summed E-state index contributed by atoms with van der Waals surface area (Å²) >= 11 is 0. The van der Waals surface area contributed by atoms with Gasteiger partial charge in [-0.15, -0.1) is 0 Å². The summed E-state index contributed by atoms with van der Waals surface area (Å²) in [5, 5.41) is 0. The number of rotatable bonds is 11. The third-order valence-electron chi connectivity index (χ3n) is 3.60. The van der Waals surface area contributed by atoms with E-state index in [2.05, 4.69) is 6.92 Å². The fraction of sp³-hybridized carbons (Fsp3) is 0.647. The Labute approximate surface area is 129 Å². The van der Waals surface area contributed by atoms with E-state index in [0.29, 0.717) is 0 Å². The Bertz CT molecular complexity index is 495. The molecule has 4 heteroatoms. The molecule has 3 nitrogen and oxygen atoms in total. The molecule has 0 saturated carbocycles.